The molecule has 2 N–H and O–H groups in total. The number of carbonyl (C=O) groups excluding carboxylic acids is 4. The average molecular weight is 610 g/mol. The van der Waals surface area contributed by atoms with Gasteiger partial charge in [0.15, 0.2) is 5.76 Å². The van der Waals surface area contributed by atoms with Crippen molar-refractivity contribution in [1.29, 1.82) is 0 Å². The predicted molar refractivity (Wildman–Crippen MR) is 169 cm³/mol. The number of anilines is 2. The Labute approximate surface area is 262 Å². The highest BCUT2D eigenvalue weighted by atomic mass is 16.4. The van der Waals surface area contributed by atoms with E-state index in [-0.39, 0.29) is 23.6 Å². The van der Waals surface area contributed by atoms with E-state index in [0.717, 1.165) is 49.7 Å². The van der Waals surface area contributed by atoms with Gasteiger partial charge in [-0.05, 0) is 112 Å². The molecule has 3 heterocycles. The number of rotatable bonds is 10. The number of likely N-dealkylation sites (tertiary alicyclic amines) is 2. The summed E-state index contributed by atoms with van der Waals surface area (Å²) in [5.41, 5.74) is 2.90. The Balaban J connectivity index is 0.936. The molecular formula is C35H39N5O5. The third kappa shape index (κ3) is 6.79. The summed E-state index contributed by atoms with van der Waals surface area (Å²) in [5.74, 6) is 1.94. The summed E-state index contributed by atoms with van der Waals surface area (Å²) < 4.78 is 6.04. The summed E-state index contributed by atoms with van der Waals surface area (Å²) in [6.07, 6.45) is 10.3. The van der Waals surface area contributed by atoms with Crippen LogP contribution in [-0.4, -0.2) is 63.6 Å². The molecule has 2 saturated heterocycles. The van der Waals surface area contributed by atoms with Crippen LogP contribution in [0.25, 0.3) is 22.8 Å². The van der Waals surface area contributed by atoms with Gasteiger partial charge in [0.05, 0.1) is 6.20 Å². The van der Waals surface area contributed by atoms with E-state index >= 15 is 0 Å². The highest BCUT2D eigenvalue weighted by Crippen LogP contribution is 2.35. The standard InChI is InChI=1S/C35H39N5O5/c41-31(19-22-5-6-22)39-17-1-3-28(39)33(43)37-26-13-9-24(10-14-26)30-21-36-35(45-30)25-11-15-27(16-12-25)38-34(44)29-4-2-18-40(29)32(42)20-23-7-8-23/h9-16,21-23,28-29H,1-8,17-20H2,(H,37,43)(H,38,44)/t28-,29-/m0/s1. The number of aromatic nitrogens is 1. The van der Waals surface area contributed by atoms with Crippen molar-refractivity contribution in [3.8, 4) is 22.8 Å². The Morgan fingerprint density at radius 2 is 1.13 bits per heavy atom. The highest BCUT2D eigenvalue weighted by molar-refractivity contribution is 5.98. The second kappa shape index (κ2) is 12.5. The molecule has 4 fully saturated rings. The van der Waals surface area contributed by atoms with Crippen LogP contribution in [-0.2, 0) is 19.2 Å². The molecule has 0 bridgehead atoms. The lowest BCUT2D eigenvalue weighted by atomic mass is 10.1. The largest absolute Gasteiger partial charge is 0.436 e. The highest BCUT2D eigenvalue weighted by Gasteiger charge is 2.37. The SMILES string of the molecule is O=C(Nc1ccc(-c2cnc(-c3ccc(NC(=O)[C@@H]4CCCN4C(=O)CC4CC4)cc3)o2)cc1)[C@@H]1CCCN1C(=O)CC1CC1. The van der Waals surface area contributed by atoms with Crippen molar-refractivity contribution in [1.82, 2.24) is 14.8 Å². The van der Waals surface area contributed by atoms with Crippen molar-refractivity contribution in [3.05, 3.63) is 54.7 Å². The summed E-state index contributed by atoms with van der Waals surface area (Å²) in [7, 11) is 0. The van der Waals surface area contributed by atoms with Crippen LogP contribution in [0.3, 0.4) is 0 Å². The molecule has 2 saturated carbocycles. The number of carbonyl (C=O) groups is 4. The average Bonchev–Trinajstić information content (AvgIpc) is 3.82. The van der Waals surface area contributed by atoms with Crippen LogP contribution in [0.1, 0.15) is 64.2 Å². The lowest BCUT2D eigenvalue weighted by Crippen LogP contribution is -2.43. The van der Waals surface area contributed by atoms with Gasteiger partial charge in [0.25, 0.3) is 0 Å². The van der Waals surface area contributed by atoms with E-state index in [9.17, 15) is 19.2 Å². The fourth-order valence-corrected chi connectivity index (χ4v) is 6.45. The number of benzene rings is 2. The minimum Gasteiger partial charge on any atom is -0.436 e. The van der Waals surface area contributed by atoms with Crippen molar-refractivity contribution < 1.29 is 23.6 Å². The van der Waals surface area contributed by atoms with Crippen LogP contribution >= 0.6 is 0 Å². The van der Waals surface area contributed by atoms with E-state index in [2.05, 4.69) is 15.6 Å². The molecule has 0 unspecified atom stereocenters. The Kier molecular flexibility index (Phi) is 8.12. The minimum atomic E-state index is -0.413. The minimum absolute atomic E-state index is 0.0945. The molecule has 10 nitrogen and oxygen atoms in total. The van der Waals surface area contributed by atoms with E-state index in [4.69, 9.17) is 4.42 Å². The summed E-state index contributed by atoms with van der Waals surface area (Å²) in [4.78, 5) is 59.2. The monoisotopic (exact) mass is 609 g/mol. The number of hydrogen-bond donors (Lipinski definition) is 2. The molecule has 10 heteroatoms. The molecule has 0 spiro atoms. The number of nitrogens with one attached hydrogen (secondary N) is 2. The van der Waals surface area contributed by atoms with Gasteiger partial charge in [-0.1, -0.05) is 0 Å². The summed E-state index contributed by atoms with van der Waals surface area (Å²) in [5, 5.41) is 5.94. The molecule has 4 aliphatic rings. The first-order chi connectivity index (χ1) is 21.9. The van der Waals surface area contributed by atoms with E-state index in [1.54, 1.807) is 16.0 Å². The first-order valence-electron chi connectivity index (χ1n) is 16.3. The second-order valence-corrected chi connectivity index (χ2v) is 12.9. The van der Waals surface area contributed by atoms with Gasteiger partial charge >= 0.3 is 0 Å². The Hall–Kier alpha value is -4.47. The van der Waals surface area contributed by atoms with Gasteiger partial charge < -0.3 is 24.9 Å². The lowest BCUT2D eigenvalue weighted by Gasteiger charge is -2.24. The Morgan fingerprint density at radius 3 is 1.60 bits per heavy atom. The number of hydrogen-bond acceptors (Lipinski definition) is 6. The van der Waals surface area contributed by atoms with E-state index < -0.39 is 12.1 Å². The molecule has 2 atom stereocenters. The molecule has 0 radical (unpaired) electrons. The second-order valence-electron chi connectivity index (χ2n) is 12.9. The molecule has 2 aliphatic heterocycles. The zero-order chi connectivity index (χ0) is 30.9. The fourth-order valence-electron chi connectivity index (χ4n) is 6.45. The molecule has 3 aromatic rings. The van der Waals surface area contributed by atoms with Crippen LogP contribution in [0, 0.1) is 11.8 Å². The third-order valence-corrected chi connectivity index (χ3v) is 9.41. The van der Waals surface area contributed by atoms with Crippen LogP contribution in [0.5, 0.6) is 0 Å². The van der Waals surface area contributed by atoms with Crippen molar-refractivity contribution in [2.75, 3.05) is 23.7 Å². The maximum absolute atomic E-state index is 13.0. The maximum Gasteiger partial charge on any atom is 0.247 e. The van der Waals surface area contributed by atoms with Gasteiger partial charge in [-0.3, -0.25) is 19.2 Å². The third-order valence-electron chi connectivity index (χ3n) is 9.41. The molecule has 1 aromatic heterocycles. The first-order valence-corrected chi connectivity index (χ1v) is 16.3. The quantitative estimate of drug-likeness (QED) is 0.314. The van der Waals surface area contributed by atoms with Gasteiger partial charge in [0.2, 0.25) is 29.5 Å². The van der Waals surface area contributed by atoms with Gasteiger partial charge in [0, 0.05) is 48.4 Å². The maximum atomic E-state index is 13.0. The van der Waals surface area contributed by atoms with E-state index in [1.807, 2.05) is 48.5 Å². The van der Waals surface area contributed by atoms with Gasteiger partial charge in [-0.2, -0.15) is 0 Å². The van der Waals surface area contributed by atoms with Crippen molar-refractivity contribution in [2.45, 2.75) is 76.3 Å². The molecule has 2 aliphatic carbocycles. The number of oxazole rings is 1. The predicted octanol–water partition coefficient (Wildman–Crippen LogP) is 5.47. The van der Waals surface area contributed by atoms with Crippen molar-refractivity contribution in [3.63, 3.8) is 0 Å². The smallest absolute Gasteiger partial charge is 0.247 e. The van der Waals surface area contributed by atoms with Crippen molar-refractivity contribution >= 4 is 35.0 Å². The normalized spacial score (nSPS) is 21.2. The lowest BCUT2D eigenvalue weighted by molar-refractivity contribution is -0.137. The van der Waals surface area contributed by atoms with Crippen LogP contribution in [0.15, 0.2) is 59.1 Å². The Morgan fingerprint density at radius 1 is 0.667 bits per heavy atom. The van der Waals surface area contributed by atoms with E-state index in [0.29, 0.717) is 73.6 Å². The van der Waals surface area contributed by atoms with Gasteiger partial charge in [0.1, 0.15) is 12.1 Å². The van der Waals surface area contributed by atoms with Crippen LogP contribution < -0.4 is 10.6 Å². The summed E-state index contributed by atoms with van der Waals surface area (Å²) >= 11 is 0. The topological polar surface area (TPSA) is 125 Å². The molecular weight excluding hydrogens is 570 g/mol. The van der Waals surface area contributed by atoms with Crippen molar-refractivity contribution in [2.24, 2.45) is 11.8 Å². The molecule has 4 amide bonds. The first kappa shape index (κ1) is 29.3. The number of nitrogens with zero attached hydrogens (tertiary/aromatic N) is 3. The molecule has 234 valence electrons. The molecule has 7 rings (SSSR count). The van der Waals surface area contributed by atoms with E-state index in [1.165, 1.54) is 0 Å². The summed E-state index contributed by atoms with van der Waals surface area (Å²) in [6.45, 7) is 1.30. The fraction of sp³-hybridized carbons (Fsp3) is 0.457. The van der Waals surface area contributed by atoms with Gasteiger partial charge in [-0.15, -0.1) is 0 Å². The summed E-state index contributed by atoms with van der Waals surface area (Å²) in [6, 6.07) is 13.9. The number of amides is 4. The van der Waals surface area contributed by atoms with Crippen LogP contribution in [0.4, 0.5) is 11.4 Å². The zero-order valence-corrected chi connectivity index (χ0v) is 25.4. The molecule has 2 aromatic carbocycles. The van der Waals surface area contributed by atoms with Gasteiger partial charge in [-0.25, -0.2) is 4.98 Å². The Bertz CT molecular complexity index is 1460. The molecule has 45 heavy (non-hydrogen) atoms. The zero-order valence-electron chi connectivity index (χ0n) is 25.4. The van der Waals surface area contributed by atoms with Crippen LogP contribution in [0.2, 0.25) is 0 Å².